The van der Waals surface area contributed by atoms with Gasteiger partial charge in [-0.05, 0) is 19.4 Å². The predicted octanol–water partition coefficient (Wildman–Crippen LogP) is 4.34. The third-order valence-corrected chi connectivity index (χ3v) is 4.47. The zero-order chi connectivity index (χ0) is 15.0. The summed E-state index contributed by atoms with van der Waals surface area (Å²) >= 11 is 7.65. The summed E-state index contributed by atoms with van der Waals surface area (Å²) in [5.74, 6) is -0.122. The smallest absolute Gasteiger partial charge is 0.230 e. The lowest BCUT2D eigenvalue weighted by Crippen LogP contribution is -2.13. The molecule has 21 heavy (non-hydrogen) atoms. The number of hydrogen-bond donors (Lipinski definition) is 1. The van der Waals surface area contributed by atoms with Crippen molar-refractivity contribution >= 4 is 44.9 Å². The average molecular weight is 321 g/mol. The summed E-state index contributed by atoms with van der Waals surface area (Å²) in [5, 5.41) is 4.86. The molecule has 0 fully saturated rings. The van der Waals surface area contributed by atoms with Crippen molar-refractivity contribution in [1.82, 2.24) is 4.98 Å². The molecule has 0 saturated heterocycles. The zero-order valence-corrected chi connectivity index (χ0v) is 13.1. The van der Waals surface area contributed by atoms with Crippen LogP contribution in [0.25, 0.3) is 11.0 Å². The molecule has 0 aliphatic rings. The summed E-state index contributed by atoms with van der Waals surface area (Å²) < 4.78 is 5.49. The van der Waals surface area contributed by atoms with Crippen LogP contribution in [0.1, 0.15) is 16.0 Å². The molecule has 0 radical (unpaired) electrons. The molecule has 108 valence electrons. The highest BCUT2D eigenvalue weighted by molar-refractivity contribution is 7.15. The first-order valence-electron chi connectivity index (χ1n) is 6.42. The lowest BCUT2D eigenvalue weighted by Gasteiger charge is -2.01. The number of aromatic nitrogens is 1. The number of rotatable bonds is 3. The second kappa shape index (κ2) is 5.50. The molecule has 3 rings (SSSR count). The number of hydrogen-bond acceptors (Lipinski definition) is 4. The molecule has 0 aliphatic heterocycles. The van der Waals surface area contributed by atoms with E-state index in [2.05, 4.69) is 10.3 Å². The topological polar surface area (TPSA) is 55.1 Å². The first-order valence-corrected chi connectivity index (χ1v) is 7.61. The van der Waals surface area contributed by atoms with E-state index in [-0.39, 0.29) is 12.3 Å². The van der Waals surface area contributed by atoms with Gasteiger partial charge in [-0.2, -0.15) is 0 Å². The summed E-state index contributed by atoms with van der Waals surface area (Å²) in [7, 11) is 0. The molecule has 2 aromatic heterocycles. The van der Waals surface area contributed by atoms with Gasteiger partial charge in [-0.15, -0.1) is 11.3 Å². The molecule has 4 nitrogen and oxygen atoms in total. The van der Waals surface area contributed by atoms with Gasteiger partial charge in [-0.25, -0.2) is 4.98 Å². The van der Waals surface area contributed by atoms with Gasteiger partial charge in [0.05, 0.1) is 17.7 Å². The summed E-state index contributed by atoms with van der Waals surface area (Å²) in [6.07, 6.45) is 3.55. The molecular weight excluding hydrogens is 308 g/mol. The van der Waals surface area contributed by atoms with Crippen molar-refractivity contribution in [3.05, 3.63) is 45.6 Å². The molecule has 0 atom stereocenters. The average Bonchev–Trinajstić information content (AvgIpc) is 3.01. The number of anilines is 1. The van der Waals surface area contributed by atoms with E-state index < -0.39 is 0 Å². The standard InChI is InChI=1S/C15H13ClN2O2S/c1-8-3-4-11-10(7-20-14(11)13(8)16)5-12(19)18-15-17-6-9(2)21-15/h3-4,6-7H,5H2,1-2H3,(H,17,18,19). The fourth-order valence-corrected chi connectivity index (χ4v) is 2.99. The van der Waals surface area contributed by atoms with Crippen LogP contribution in [-0.4, -0.2) is 10.9 Å². The summed E-state index contributed by atoms with van der Waals surface area (Å²) in [4.78, 5) is 17.2. The molecule has 0 aliphatic carbocycles. The number of fused-ring (bicyclic) bond motifs is 1. The van der Waals surface area contributed by atoms with Crippen LogP contribution in [0, 0.1) is 13.8 Å². The number of amides is 1. The van der Waals surface area contributed by atoms with Crippen LogP contribution < -0.4 is 5.32 Å². The Kier molecular flexibility index (Phi) is 3.69. The first kappa shape index (κ1) is 14.1. The summed E-state index contributed by atoms with van der Waals surface area (Å²) in [6, 6.07) is 3.85. The van der Waals surface area contributed by atoms with E-state index in [4.69, 9.17) is 16.0 Å². The number of aryl methyl sites for hydroxylation is 2. The van der Waals surface area contributed by atoms with E-state index in [9.17, 15) is 4.79 Å². The maximum absolute atomic E-state index is 12.1. The molecule has 0 saturated carbocycles. The summed E-state index contributed by atoms with van der Waals surface area (Å²) in [5.41, 5.74) is 2.40. The Labute approximate surface area is 130 Å². The van der Waals surface area contributed by atoms with Crippen molar-refractivity contribution in [2.75, 3.05) is 5.32 Å². The van der Waals surface area contributed by atoms with E-state index in [0.29, 0.717) is 15.7 Å². The molecule has 2 heterocycles. The van der Waals surface area contributed by atoms with E-state index >= 15 is 0 Å². The van der Waals surface area contributed by atoms with Gasteiger partial charge in [0, 0.05) is 22.0 Å². The molecule has 3 aromatic rings. The number of halogens is 1. The number of nitrogens with one attached hydrogen (secondary N) is 1. The predicted molar refractivity (Wildman–Crippen MR) is 85.1 cm³/mol. The molecule has 0 bridgehead atoms. The Bertz CT molecular complexity index is 822. The van der Waals surface area contributed by atoms with Crippen molar-refractivity contribution in [2.24, 2.45) is 0 Å². The van der Waals surface area contributed by atoms with Crippen LogP contribution in [0.3, 0.4) is 0 Å². The second-order valence-electron chi connectivity index (χ2n) is 4.84. The van der Waals surface area contributed by atoms with Gasteiger partial charge < -0.3 is 9.73 Å². The molecule has 0 spiro atoms. The lowest BCUT2D eigenvalue weighted by atomic mass is 10.1. The van der Waals surface area contributed by atoms with Crippen molar-refractivity contribution in [2.45, 2.75) is 20.3 Å². The number of furan rings is 1. The first-order chi connectivity index (χ1) is 10.0. The summed E-state index contributed by atoms with van der Waals surface area (Å²) in [6.45, 7) is 3.86. The quantitative estimate of drug-likeness (QED) is 0.781. The molecule has 1 amide bonds. The minimum Gasteiger partial charge on any atom is -0.462 e. The van der Waals surface area contributed by atoms with E-state index in [1.807, 2.05) is 26.0 Å². The third-order valence-electron chi connectivity index (χ3n) is 3.17. The Balaban J connectivity index is 1.82. The SMILES string of the molecule is Cc1cnc(NC(=O)Cc2coc3c(Cl)c(C)ccc23)s1. The van der Waals surface area contributed by atoms with Crippen molar-refractivity contribution < 1.29 is 9.21 Å². The Hall–Kier alpha value is -1.85. The number of nitrogens with zero attached hydrogens (tertiary/aromatic N) is 1. The normalized spacial score (nSPS) is 11.0. The van der Waals surface area contributed by atoms with Crippen LogP contribution in [0.2, 0.25) is 5.02 Å². The largest absolute Gasteiger partial charge is 0.462 e. The van der Waals surface area contributed by atoms with Gasteiger partial charge in [0.2, 0.25) is 5.91 Å². The molecule has 1 N–H and O–H groups in total. The maximum atomic E-state index is 12.1. The van der Waals surface area contributed by atoms with Crippen molar-refractivity contribution in [3.8, 4) is 0 Å². The zero-order valence-electron chi connectivity index (χ0n) is 11.6. The van der Waals surface area contributed by atoms with Gasteiger partial charge in [-0.3, -0.25) is 4.79 Å². The molecular formula is C15H13ClN2O2S. The van der Waals surface area contributed by atoms with Crippen LogP contribution in [0.4, 0.5) is 5.13 Å². The van der Waals surface area contributed by atoms with Crippen LogP contribution in [-0.2, 0) is 11.2 Å². The molecule has 0 unspecified atom stereocenters. The van der Waals surface area contributed by atoms with Gasteiger partial charge in [-0.1, -0.05) is 23.7 Å². The maximum Gasteiger partial charge on any atom is 0.230 e. The monoisotopic (exact) mass is 320 g/mol. The van der Waals surface area contributed by atoms with E-state index in [0.717, 1.165) is 21.4 Å². The van der Waals surface area contributed by atoms with Gasteiger partial charge in [0.25, 0.3) is 0 Å². The highest BCUT2D eigenvalue weighted by atomic mass is 35.5. The van der Waals surface area contributed by atoms with Gasteiger partial charge in [0.1, 0.15) is 0 Å². The van der Waals surface area contributed by atoms with Crippen LogP contribution >= 0.6 is 22.9 Å². The van der Waals surface area contributed by atoms with Gasteiger partial charge >= 0.3 is 0 Å². The van der Waals surface area contributed by atoms with Gasteiger partial charge in [0.15, 0.2) is 10.7 Å². The highest BCUT2D eigenvalue weighted by Gasteiger charge is 2.14. The number of thiazole rings is 1. The Morgan fingerprint density at radius 3 is 2.95 bits per heavy atom. The fraction of sp³-hybridized carbons (Fsp3) is 0.200. The molecule has 1 aromatic carbocycles. The number of carbonyl (C=O) groups excluding carboxylic acids is 1. The Morgan fingerprint density at radius 1 is 1.43 bits per heavy atom. The lowest BCUT2D eigenvalue weighted by molar-refractivity contribution is -0.115. The Morgan fingerprint density at radius 2 is 2.24 bits per heavy atom. The minimum atomic E-state index is -0.122. The van der Waals surface area contributed by atoms with Crippen molar-refractivity contribution in [3.63, 3.8) is 0 Å². The third kappa shape index (κ3) is 2.80. The highest BCUT2D eigenvalue weighted by Crippen LogP contribution is 2.31. The van der Waals surface area contributed by atoms with E-state index in [1.165, 1.54) is 11.3 Å². The van der Waals surface area contributed by atoms with Crippen molar-refractivity contribution in [1.29, 1.82) is 0 Å². The number of benzene rings is 1. The number of carbonyl (C=O) groups is 1. The second-order valence-corrected chi connectivity index (χ2v) is 6.45. The fourth-order valence-electron chi connectivity index (χ4n) is 2.10. The van der Waals surface area contributed by atoms with Crippen LogP contribution in [0.5, 0.6) is 0 Å². The van der Waals surface area contributed by atoms with E-state index in [1.54, 1.807) is 12.5 Å². The minimum absolute atomic E-state index is 0.122. The van der Waals surface area contributed by atoms with Crippen LogP contribution in [0.15, 0.2) is 29.0 Å². The molecule has 6 heteroatoms.